The molecule has 0 aliphatic heterocycles. The molecule has 0 fully saturated rings. The number of carbonyl (C=O) groups excluding carboxylic acids is 1. The monoisotopic (exact) mass is 509 g/mol. The first-order valence-corrected chi connectivity index (χ1v) is 15.5. The first kappa shape index (κ1) is 28.5. The molecule has 0 saturated heterocycles. The van der Waals surface area contributed by atoms with Crippen LogP contribution < -0.4 is 5.32 Å². The molecular weight excluding hydrogens is 482 g/mol. The minimum atomic E-state index is -4.47. The van der Waals surface area contributed by atoms with E-state index in [4.69, 9.17) is 0 Å². The fraction of sp³-hybridized carbons (Fsp3) is 0.667. The van der Waals surface area contributed by atoms with Gasteiger partial charge in [-0.05, 0) is 6.42 Å². The molecule has 170 valence electrons. The Hall–Kier alpha value is -0.540. The van der Waals surface area contributed by atoms with Gasteiger partial charge in [0, 0.05) is 40.5 Å². The molecule has 0 aromatic carbocycles. The van der Waals surface area contributed by atoms with Gasteiger partial charge in [0.1, 0.15) is 4.58 Å². The van der Waals surface area contributed by atoms with E-state index in [0.29, 0.717) is 11.5 Å². The number of amides is 1. The topological polar surface area (TPSA) is 152 Å². The predicted molar refractivity (Wildman–Crippen MR) is 120 cm³/mol. The summed E-state index contributed by atoms with van der Waals surface area (Å²) in [5.41, 5.74) is 0. The fourth-order valence-corrected chi connectivity index (χ4v) is 7.53. The lowest BCUT2D eigenvalue weighted by molar-refractivity contribution is -0.124. The van der Waals surface area contributed by atoms with Crippen molar-refractivity contribution in [3.8, 4) is 0 Å². The highest BCUT2D eigenvalue weighted by Crippen LogP contribution is 2.24. The molecule has 0 bridgehead atoms. The van der Waals surface area contributed by atoms with Crippen LogP contribution in [-0.2, 0) is 34.6 Å². The summed E-state index contributed by atoms with van der Waals surface area (Å²) in [5, 5.41) is 4.29. The van der Waals surface area contributed by atoms with E-state index in [-0.39, 0.29) is 30.2 Å². The van der Waals surface area contributed by atoms with Crippen LogP contribution in [0.1, 0.15) is 13.3 Å². The molecule has 0 heterocycles. The molecular formula is C15H27NO8S5. The van der Waals surface area contributed by atoms with Crippen molar-refractivity contribution in [2.24, 2.45) is 5.92 Å². The Morgan fingerprint density at radius 3 is 2.00 bits per heavy atom. The Kier molecular flexibility index (Phi) is 12.8. The summed E-state index contributed by atoms with van der Waals surface area (Å²) < 4.78 is 76.3. The Morgan fingerprint density at radius 1 is 1.00 bits per heavy atom. The maximum Gasteiger partial charge on any atom is 0.277 e. The van der Waals surface area contributed by atoms with E-state index in [1.165, 1.54) is 18.7 Å². The first-order chi connectivity index (χ1) is 13.2. The van der Waals surface area contributed by atoms with E-state index in [1.54, 1.807) is 0 Å². The Balaban J connectivity index is 4.44. The van der Waals surface area contributed by atoms with Gasteiger partial charge >= 0.3 is 0 Å². The summed E-state index contributed by atoms with van der Waals surface area (Å²) in [6, 6.07) is 0. The molecule has 2 unspecified atom stereocenters. The van der Waals surface area contributed by atoms with Crippen LogP contribution in [0.5, 0.6) is 0 Å². The van der Waals surface area contributed by atoms with Crippen LogP contribution in [0.2, 0.25) is 0 Å². The summed E-state index contributed by atoms with van der Waals surface area (Å²) >= 11 is 2.08. The van der Waals surface area contributed by atoms with Gasteiger partial charge in [0.25, 0.3) is 10.1 Å². The quantitative estimate of drug-likeness (QED) is 0.227. The Labute approximate surface area is 181 Å². The molecule has 9 nitrogen and oxygen atoms in total. The molecule has 14 heteroatoms. The number of carbonyl (C=O) groups is 1. The lowest BCUT2D eigenvalue weighted by Crippen LogP contribution is -2.34. The lowest BCUT2D eigenvalue weighted by atomic mass is 10.1. The molecule has 0 radical (unpaired) electrons. The first-order valence-electron chi connectivity index (χ1n) is 8.38. The van der Waals surface area contributed by atoms with Crippen LogP contribution >= 0.6 is 23.5 Å². The minimum Gasteiger partial charge on any atom is -0.355 e. The standard InChI is InChI=1S/C15H27NO8S5/c1-4-27(18,19)10-8-25-7-6-16-15(17)13(3)12-14(29(22,23)24)26-9-11-28(20,21)5-2/h4-5,13-14H,1-2,6-12H2,3H3,(H,16,17)(H,22,23,24). The second-order valence-corrected chi connectivity index (χ2v) is 14.5. The predicted octanol–water partition coefficient (Wildman–Crippen LogP) is 0.926. The number of sulfone groups is 2. The highest BCUT2D eigenvalue weighted by atomic mass is 32.3. The van der Waals surface area contributed by atoms with Crippen molar-refractivity contribution in [2.75, 3.05) is 35.3 Å². The third-order valence-corrected chi connectivity index (χ3v) is 10.6. The Morgan fingerprint density at radius 2 is 1.52 bits per heavy atom. The summed E-state index contributed by atoms with van der Waals surface area (Å²) in [6.07, 6.45) is -0.186. The van der Waals surface area contributed by atoms with Crippen molar-refractivity contribution in [1.29, 1.82) is 0 Å². The molecule has 0 rings (SSSR count). The number of hydrogen-bond acceptors (Lipinski definition) is 9. The maximum atomic E-state index is 12.1. The molecule has 2 atom stereocenters. The van der Waals surface area contributed by atoms with E-state index < -0.39 is 46.2 Å². The normalized spacial score (nSPS) is 14.7. The van der Waals surface area contributed by atoms with E-state index in [9.17, 15) is 34.6 Å². The van der Waals surface area contributed by atoms with Crippen LogP contribution in [0.3, 0.4) is 0 Å². The smallest absolute Gasteiger partial charge is 0.277 e. The van der Waals surface area contributed by atoms with Crippen molar-refractivity contribution in [1.82, 2.24) is 5.32 Å². The zero-order valence-electron chi connectivity index (χ0n) is 16.0. The largest absolute Gasteiger partial charge is 0.355 e. The molecule has 0 aromatic rings. The van der Waals surface area contributed by atoms with Gasteiger partial charge in [-0.3, -0.25) is 9.35 Å². The van der Waals surface area contributed by atoms with Crippen LogP contribution in [0.15, 0.2) is 24.0 Å². The van der Waals surface area contributed by atoms with Gasteiger partial charge in [-0.15, -0.1) is 11.8 Å². The van der Waals surface area contributed by atoms with Gasteiger partial charge in [-0.25, -0.2) is 16.8 Å². The Bertz CT molecular complexity index is 864. The van der Waals surface area contributed by atoms with E-state index in [2.05, 4.69) is 18.5 Å². The minimum absolute atomic E-state index is 0.0413. The summed E-state index contributed by atoms with van der Waals surface area (Å²) in [4.78, 5) is 12.1. The number of thioether (sulfide) groups is 2. The van der Waals surface area contributed by atoms with Gasteiger partial charge in [0.05, 0.1) is 11.5 Å². The molecule has 1 amide bonds. The van der Waals surface area contributed by atoms with Crippen molar-refractivity contribution >= 4 is 59.2 Å². The zero-order chi connectivity index (χ0) is 22.7. The van der Waals surface area contributed by atoms with Gasteiger partial charge in [-0.1, -0.05) is 20.1 Å². The number of rotatable bonds is 16. The second-order valence-electron chi connectivity index (χ2n) is 5.92. The van der Waals surface area contributed by atoms with E-state index in [1.807, 2.05) is 0 Å². The highest BCUT2D eigenvalue weighted by molar-refractivity contribution is 8.12. The van der Waals surface area contributed by atoms with Crippen molar-refractivity contribution < 1.29 is 34.6 Å². The van der Waals surface area contributed by atoms with Gasteiger partial charge in [-0.2, -0.15) is 20.2 Å². The highest BCUT2D eigenvalue weighted by Gasteiger charge is 2.28. The van der Waals surface area contributed by atoms with Gasteiger partial charge in [0.15, 0.2) is 19.7 Å². The molecule has 29 heavy (non-hydrogen) atoms. The molecule has 0 saturated carbocycles. The van der Waals surface area contributed by atoms with Crippen LogP contribution in [0.25, 0.3) is 0 Å². The SMILES string of the molecule is C=CS(=O)(=O)CCSCCNC(=O)C(C)CC(SCCS(=O)(=O)C=C)S(=O)(=O)O. The van der Waals surface area contributed by atoms with Crippen molar-refractivity contribution in [3.63, 3.8) is 0 Å². The third kappa shape index (κ3) is 13.4. The summed E-state index contributed by atoms with van der Waals surface area (Å²) in [6.45, 7) is 8.14. The number of hydrogen-bond donors (Lipinski definition) is 2. The molecule has 0 aliphatic rings. The summed E-state index contributed by atoms with van der Waals surface area (Å²) in [7, 11) is -11.2. The molecule has 0 aromatic heterocycles. The summed E-state index contributed by atoms with van der Waals surface area (Å²) in [5.74, 6) is -0.769. The van der Waals surface area contributed by atoms with Gasteiger partial charge in [0.2, 0.25) is 5.91 Å². The van der Waals surface area contributed by atoms with Crippen molar-refractivity contribution in [2.45, 2.75) is 17.9 Å². The van der Waals surface area contributed by atoms with Crippen molar-refractivity contribution in [3.05, 3.63) is 24.0 Å². The second kappa shape index (κ2) is 13.0. The average Bonchev–Trinajstić information content (AvgIpc) is 2.62. The van der Waals surface area contributed by atoms with E-state index >= 15 is 0 Å². The fourth-order valence-electron chi connectivity index (χ4n) is 1.83. The maximum absolute atomic E-state index is 12.1. The third-order valence-electron chi connectivity index (χ3n) is 3.56. The van der Waals surface area contributed by atoms with Crippen LogP contribution in [0, 0.1) is 5.92 Å². The average molecular weight is 510 g/mol. The van der Waals surface area contributed by atoms with E-state index in [0.717, 1.165) is 22.6 Å². The van der Waals surface area contributed by atoms with Gasteiger partial charge < -0.3 is 5.32 Å². The molecule has 2 N–H and O–H groups in total. The van der Waals surface area contributed by atoms with Crippen LogP contribution in [-0.4, -0.2) is 75.6 Å². The van der Waals surface area contributed by atoms with Crippen LogP contribution in [0.4, 0.5) is 0 Å². The lowest BCUT2D eigenvalue weighted by Gasteiger charge is -2.18. The molecule has 0 aliphatic carbocycles. The number of nitrogens with one attached hydrogen (secondary N) is 1. The zero-order valence-corrected chi connectivity index (χ0v) is 20.1. The molecule has 0 spiro atoms.